The highest BCUT2D eigenvalue weighted by molar-refractivity contribution is 7.89. The van der Waals surface area contributed by atoms with Gasteiger partial charge in [-0.1, -0.05) is 19.1 Å². The number of rotatable bonds is 8. The van der Waals surface area contributed by atoms with Crippen molar-refractivity contribution in [3.8, 4) is 0 Å². The highest BCUT2D eigenvalue weighted by Crippen LogP contribution is 2.21. The third-order valence-corrected chi connectivity index (χ3v) is 5.78. The zero-order chi connectivity index (χ0) is 15.1. The molecule has 1 aliphatic rings. The van der Waals surface area contributed by atoms with Crippen molar-refractivity contribution in [2.75, 3.05) is 26.2 Å². The number of hydrogen-bond donors (Lipinski definition) is 1. The van der Waals surface area contributed by atoms with Crippen molar-refractivity contribution in [1.82, 2.24) is 9.62 Å². The number of benzene rings is 1. The van der Waals surface area contributed by atoms with Crippen molar-refractivity contribution in [1.29, 1.82) is 0 Å². The Morgan fingerprint density at radius 3 is 2.38 bits per heavy atom. The van der Waals surface area contributed by atoms with Crippen LogP contribution in [0.2, 0.25) is 0 Å². The Kier molecular flexibility index (Phi) is 6.21. The topological polar surface area (TPSA) is 49.4 Å². The lowest BCUT2D eigenvalue weighted by Gasteiger charge is -2.15. The monoisotopic (exact) mass is 310 g/mol. The molecule has 0 radical (unpaired) electrons. The van der Waals surface area contributed by atoms with Gasteiger partial charge in [0.25, 0.3) is 0 Å². The van der Waals surface area contributed by atoms with Crippen LogP contribution in [0.25, 0.3) is 0 Å². The molecule has 0 aliphatic carbocycles. The van der Waals surface area contributed by atoms with E-state index in [0.29, 0.717) is 18.0 Å². The summed E-state index contributed by atoms with van der Waals surface area (Å²) in [6, 6.07) is 7.40. The van der Waals surface area contributed by atoms with Gasteiger partial charge < -0.3 is 5.32 Å². The minimum absolute atomic E-state index is 0.428. The van der Waals surface area contributed by atoms with Crippen molar-refractivity contribution < 1.29 is 8.42 Å². The fourth-order valence-corrected chi connectivity index (χ4v) is 4.14. The highest BCUT2D eigenvalue weighted by atomic mass is 32.2. The Morgan fingerprint density at radius 1 is 1.10 bits per heavy atom. The Hall–Kier alpha value is -0.910. The van der Waals surface area contributed by atoms with Gasteiger partial charge in [-0.05, 0) is 62.9 Å². The van der Waals surface area contributed by atoms with Crippen LogP contribution in [-0.4, -0.2) is 38.9 Å². The van der Waals surface area contributed by atoms with Gasteiger partial charge in [0.1, 0.15) is 0 Å². The van der Waals surface area contributed by atoms with Gasteiger partial charge in [0.15, 0.2) is 0 Å². The number of sulfonamides is 1. The lowest BCUT2D eigenvalue weighted by Crippen LogP contribution is -2.27. The molecular weight excluding hydrogens is 284 g/mol. The van der Waals surface area contributed by atoms with E-state index >= 15 is 0 Å². The van der Waals surface area contributed by atoms with E-state index in [2.05, 4.69) is 12.2 Å². The molecule has 0 aromatic heterocycles. The summed E-state index contributed by atoms with van der Waals surface area (Å²) in [6.07, 6.45) is 5.17. The summed E-state index contributed by atoms with van der Waals surface area (Å²) >= 11 is 0. The maximum Gasteiger partial charge on any atom is 0.243 e. The van der Waals surface area contributed by atoms with Gasteiger partial charge in [0.2, 0.25) is 10.0 Å². The van der Waals surface area contributed by atoms with Crippen molar-refractivity contribution in [3.63, 3.8) is 0 Å². The summed E-state index contributed by atoms with van der Waals surface area (Å²) in [5, 5.41) is 3.38. The first-order valence-electron chi connectivity index (χ1n) is 7.94. The average Bonchev–Trinajstić information content (AvgIpc) is 3.02. The molecule has 21 heavy (non-hydrogen) atoms. The predicted molar refractivity (Wildman–Crippen MR) is 85.9 cm³/mol. The van der Waals surface area contributed by atoms with Crippen LogP contribution >= 0.6 is 0 Å². The second kappa shape index (κ2) is 7.92. The van der Waals surface area contributed by atoms with E-state index in [-0.39, 0.29) is 0 Å². The summed E-state index contributed by atoms with van der Waals surface area (Å²) in [5.41, 5.74) is 1.20. The zero-order valence-electron chi connectivity index (χ0n) is 12.8. The van der Waals surface area contributed by atoms with Crippen LogP contribution in [0.3, 0.4) is 0 Å². The molecule has 0 saturated carbocycles. The normalized spacial score (nSPS) is 16.4. The second-order valence-corrected chi connectivity index (χ2v) is 7.55. The number of nitrogens with zero attached hydrogens (tertiary/aromatic N) is 1. The van der Waals surface area contributed by atoms with Crippen LogP contribution in [0.4, 0.5) is 0 Å². The largest absolute Gasteiger partial charge is 0.317 e. The van der Waals surface area contributed by atoms with Crippen LogP contribution in [0.1, 0.15) is 38.2 Å². The highest BCUT2D eigenvalue weighted by Gasteiger charge is 2.26. The molecule has 0 bridgehead atoms. The van der Waals surface area contributed by atoms with E-state index in [0.717, 1.165) is 45.2 Å². The van der Waals surface area contributed by atoms with Crippen molar-refractivity contribution in [3.05, 3.63) is 29.8 Å². The van der Waals surface area contributed by atoms with E-state index in [1.54, 1.807) is 16.4 Å². The molecule has 118 valence electrons. The molecule has 1 aromatic carbocycles. The summed E-state index contributed by atoms with van der Waals surface area (Å²) in [5.74, 6) is 0. The summed E-state index contributed by atoms with van der Waals surface area (Å²) in [7, 11) is -3.27. The smallest absolute Gasteiger partial charge is 0.243 e. The van der Waals surface area contributed by atoms with Crippen LogP contribution in [0.15, 0.2) is 29.2 Å². The molecule has 2 rings (SSSR count). The van der Waals surface area contributed by atoms with E-state index in [1.807, 2.05) is 12.1 Å². The molecule has 0 unspecified atom stereocenters. The molecule has 0 atom stereocenters. The molecule has 0 amide bonds. The first-order chi connectivity index (χ1) is 10.1. The molecule has 1 heterocycles. The summed E-state index contributed by atoms with van der Waals surface area (Å²) in [4.78, 5) is 0.428. The second-order valence-electron chi connectivity index (χ2n) is 5.61. The predicted octanol–water partition coefficient (Wildman–Crippen LogP) is 2.40. The Labute approximate surface area is 128 Å². The van der Waals surface area contributed by atoms with Crippen molar-refractivity contribution in [2.24, 2.45) is 0 Å². The quantitative estimate of drug-likeness (QED) is 0.750. The molecule has 1 aliphatic heterocycles. The lowest BCUT2D eigenvalue weighted by atomic mass is 10.1. The molecular formula is C16H26N2O2S. The van der Waals surface area contributed by atoms with Crippen LogP contribution < -0.4 is 5.32 Å². The average molecular weight is 310 g/mol. The van der Waals surface area contributed by atoms with E-state index < -0.39 is 10.0 Å². The van der Waals surface area contributed by atoms with Gasteiger partial charge in [0, 0.05) is 13.1 Å². The third kappa shape index (κ3) is 4.53. The SMILES string of the molecule is CCCNCCCc1ccc(S(=O)(=O)N2CCCC2)cc1. The fourth-order valence-electron chi connectivity index (χ4n) is 2.62. The maximum atomic E-state index is 12.4. The van der Waals surface area contributed by atoms with Crippen molar-refractivity contribution in [2.45, 2.75) is 43.9 Å². The number of nitrogens with one attached hydrogen (secondary N) is 1. The molecule has 5 heteroatoms. The Morgan fingerprint density at radius 2 is 1.76 bits per heavy atom. The molecule has 1 fully saturated rings. The minimum Gasteiger partial charge on any atom is -0.317 e. The number of hydrogen-bond acceptors (Lipinski definition) is 3. The van der Waals surface area contributed by atoms with Gasteiger partial charge in [0.05, 0.1) is 4.90 Å². The zero-order valence-corrected chi connectivity index (χ0v) is 13.7. The van der Waals surface area contributed by atoms with Gasteiger partial charge in [-0.3, -0.25) is 0 Å². The van der Waals surface area contributed by atoms with Gasteiger partial charge >= 0.3 is 0 Å². The first-order valence-corrected chi connectivity index (χ1v) is 9.38. The van der Waals surface area contributed by atoms with E-state index in [4.69, 9.17) is 0 Å². The first kappa shape index (κ1) is 16.5. The van der Waals surface area contributed by atoms with Gasteiger partial charge in [-0.15, -0.1) is 0 Å². The Bertz CT molecular complexity index is 520. The Balaban J connectivity index is 1.89. The van der Waals surface area contributed by atoms with E-state index in [1.165, 1.54) is 5.56 Å². The third-order valence-electron chi connectivity index (χ3n) is 3.87. The van der Waals surface area contributed by atoms with Crippen LogP contribution in [0, 0.1) is 0 Å². The molecule has 1 N–H and O–H groups in total. The summed E-state index contributed by atoms with van der Waals surface area (Å²) < 4.78 is 26.4. The molecule has 1 aromatic rings. The fraction of sp³-hybridized carbons (Fsp3) is 0.625. The standard InChI is InChI=1S/C16H26N2O2S/c1-2-11-17-12-5-6-15-7-9-16(10-8-15)21(19,20)18-13-3-4-14-18/h7-10,17H,2-6,11-14H2,1H3. The van der Waals surface area contributed by atoms with Gasteiger partial charge in [-0.2, -0.15) is 4.31 Å². The summed E-state index contributed by atoms with van der Waals surface area (Å²) in [6.45, 7) is 5.56. The molecule has 4 nitrogen and oxygen atoms in total. The van der Waals surface area contributed by atoms with Crippen molar-refractivity contribution >= 4 is 10.0 Å². The minimum atomic E-state index is -3.27. The van der Waals surface area contributed by atoms with E-state index in [9.17, 15) is 8.42 Å². The van der Waals surface area contributed by atoms with Crippen LogP contribution in [0.5, 0.6) is 0 Å². The lowest BCUT2D eigenvalue weighted by molar-refractivity contribution is 0.477. The van der Waals surface area contributed by atoms with Gasteiger partial charge in [-0.25, -0.2) is 8.42 Å². The molecule has 1 saturated heterocycles. The maximum absolute atomic E-state index is 12.4. The van der Waals surface area contributed by atoms with Crippen LogP contribution in [-0.2, 0) is 16.4 Å². The number of aryl methyl sites for hydroxylation is 1. The molecule has 0 spiro atoms.